The highest BCUT2D eigenvalue weighted by Crippen LogP contribution is 2.32. The van der Waals surface area contributed by atoms with Crippen molar-refractivity contribution in [3.8, 4) is 5.75 Å². The number of hydrogen-bond donors (Lipinski definition) is 2. The van der Waals surface area contributed by atoms with Crippen LogP contribution in [0.25, 0.3) is 0 Å². The Balaban J connectivity index is 2.13. The summed E-state index contributed by atoms with van der Waals surface area (Å²) in [6.07, 6.45) is -1.43. The SMILES string of the molecule is COc1ccc([C@@H](O)[C@@H](C)[C@H](O)c2ccccc2)cc1. The van der Waals surface area contributed by atoms with Gasteiger partial charge in [0.25, 0.3) is 0 Å². The molecule has 0 aromatic heterocycles. The second-order valence-electron chi connectivity index (χ2n) is 4.93. The highest BCUT2D eigenvalue weighted by atomic mass is 16.5. The Hall–Kier alpha value is -1.84. The molecule has 0 aliphatic carbocycles. The van der Waals surface area contributed by atoms with Crippen LogP contribution in [0, 0.1) is 5.92 Å². The van der Waals surface area contributed by atoms with Gasteiger partial charge in [0.1, 0.15) is 5.75 Å². The molecule has 0 bridgehead atoms. The Bertz CT molecular complexity index is 522. The summed E-state index contributed by atoms with van der Waals surface area (Å²) in [6.45, 7) is 1.84. The zero-order valence-corrected chi connectivity index (χ0v) is 11.7. The molecule has 2 N–H and O–H groups in total. The van der Waals surface area contributed by atoms with Crippen LogP contribution in [0.4, 0.5) is 0 Å². The molecular weight excluding hydrogens is 252 g/mol. The minimum absolute atomic E-state index is 0.300. The standard InChI is InChI=1S/C17H20O3/c1-12(16(18)13-6-4-3-5-7-13)17(19)14-8-10-15(20-2)11-9-14/h3-12,16-19H,1-2H3/t12-,16-,17-/m0/s1. The van der Waals surface area contributed by atoms with Gasteiger partial charge in [-0.25, -0.2) is 0 Å². The van der Waals surface area contributed by atoms with Crippen LogP contribution in [0.3, 0.4) is 0 Å². The molecule has 0 radical (unpaired) electrons. The zero-order valence-electron chi connectivity index (χ0n) is 11.7. The van der Waals surface area contributed by atoms with E-state index in [4.69, 9.17) is 4.74 Å². The predicted molar refractivity (Wildman–Crippen MR) is 78.5 cm³/mol. The predicted octanol–water partition coefficient (Wildman–Crippen LogP) is 3.10. The number of rotatable bonds is 5. The number of hydrogen-bond acceptors (Lipinski definition) is 3. The second kappa shape index (κ2) is 6.55. The lowest BCUT2D eigenvalue weighted by Gasteiger charge is -2.24. The Labute approximate surface area is 119 Å². The molecule has 0 saturated heterocycles. The molecule has 0 unspecified atom stereocenters. The van der Waals surface area contributed by atoms with Gasteiger partial charge in [-0.1, -0.05) is 49.4 Å². The van der Waals surface area contributed by atoms with Crippen LogP contribution in [0.1, 0.15) is 30.3 Å². The second-order valence-corrected chi connectivity index (χ2v) is 4.93. The summed E-state index contributed by atoms with van der Waals surface area (Å²) in [7, 11) is 1.60. The van der Waals surface area contributed by atoms with Gasteiger partial charge in [0, 0.05) is 5.92 Å². The van der Waals surface area contributed by atoms with Crippen molar-refractivity contribution in [3.63, 3.8) is 0 Å². The van der Waals surface area contributed by atoms with Crippen LogP contribution < -0.4 is 4.74 Å². The Morgan fingerprint density at radius 3 is 1.80 bits per heavy atom. The van der Waals surface area contributed by atoms with Crippen LogP contribution in [-0.2, 0) is 0 Å². The van der Waals surface area contributed by atoms with E-state index >= 15 is 0 Å². The topological polar surface area (TPSA) is 49.7 Å². The molecule has 0 heterocycles. The van der Waals surface area contributed by atoms with Crippen molar-refractivity contribution in [3.05, 3.63) is 65.7 Å². The maximum Gasteiger partial charge on any atom is 0.118 e. The summed E-state index contributed by atoms with van der Waals surface area (Å²) in [6, 6.07) is 16.6. The van der Waals surface area contributed by atoms with Crippen molar-refractivity contribution in [2.24, 2.45) is 5.92 Å². The van der Waals surface area contributed by atoms with Crippen molar-refractivity contribution >= 4 is 0 Å². The van der Waals surface area contributed by atoms with E-state index in [1.165, 1.54) is 0 Å². The number of aliphatic hydroxyl groups is 2. The van der Waals surface area contributed by atoms with Crippen LogP contribution in [0.2, 0.25) is 0 Å². The molecular formula is C17H20O3. The summed E-state index contributed by atoms with van der Waals surface area (Å²) in [5.74, 6) is 0.447. The summed E-state index contributed by atoms with van der Waals surface area (Å²) >= 11 is 0. The molecule has 2 aromatic rings. The smallest absolute Gasteiger partial charge is 0.118 e. The lowest BCUT2D eigenvalue weighted by atomic mass is 9.89. The highest BCUT2D eigenvalue weighted by Gasteiger charge is 2.24. The molecule has 0 amide bonds. The van der Waals surface area contributed by atoms with E-state index in [1.54, 1.807) is 19.2 Å². The van der Waals surface area contributed by atoms with E-state index in [0.717, 1.165) is 16.9 Å². The maximum atomic E-state index is 10.4. The number of benzene rings is 2. The first-order valence-electron chi connectivity index (χ1n) is 6.68. The molecule has 2 rings (SSSR count). The minimum Gasteiger partial charge on any atom is -0.497 e. The maximum absolute atomic E-state index is 10.4. The quantitative estimate of drug-likeness (QED) is 0.879. The van der Waals surface area contributed by atoms with Crippen LogP contribution >= 0.6 is 0 Å². The molecule has 3 heteroatoms. The fraction of sp³-hybridized carbons (Fsp3) is 0.294. The largest absolute Gasteiger partial charge is 0.497 e. The van der Waals surface area contributed by atoms with E-state index in [2.05, 4.69) is 0 Å². The van der Waals surface area contributed by atoms with Gasteiger partial charge in [-0.15, -0.1) is 0 Å². The summed E-state index contributed by atoms with van der Waals surface area (Å²) in [5.41, 5.74) is 1.58. The molecule has 0 spiro atoms. The fourth-order valence-electron chi connectivity index (χ4n) is 2.23. The van der Waals surface area contributed by atoms with Crippen molar-refractivity contribution in [2.75, 3.05) is 7.11 Å². The number of methoxy groups -OCH3 is 1. The fourth-order valence-corrected chi connectivity index (χ4v) is 2.23. The van der Waals surface area contributed by atoms with Crippen molar-refractivity contribution in [1.82, 2.24) is 0 Å². The summed E-state index contributed by atoms with van der Waals surface area (Å²) in [5, 5.41) is 20.7. The van der Waals surface area contributed by atoms with Crippen LogP contribution in [0.15, 0.2) is 54.6 Å². The normalized spacial score (nSPS) is 15.4. The third-order valence-electron chi connectivity index (χ3n) is 3.59. The third-order valence-corrected chi connectivity index (χ3v) is 3.59. The van der Waals surface area contributed by atoms with Gasteiger partial charge in [-0.2, -0.15) is 0 Å². The van der Waals surface area contributed by atoms with Gasteiger partial charge in [0.15, 0.2) is 0 Å². The van der Waals surface area contributed by atoms with Crippen molar-refractivity contribution in [2.45, 2.75) is 19.1 Å². The van der Waals surface area contributed by atoms with Crippen molar-refractivity contribution < 1.29 is 14.9 Å². The number of aliphatic hydroxyl groups excluding tert-OH is 2. The van der Waals surface area contributed by atoms with Gasteiger partial charge in [0.2, 0.25) is 0 Å². The molecule has 0 saturated carbocycles. The van der Waals surface area contributed by atoms with Gasteiger partial charge in [-0.3, -0.25) is 0 Å². The van der Waals surface area contributed by atoms with Gasteiger partial charge in [0.05, 0.1) is 19.3 Å². The Morgan fingerprint density at radius 1 is 0.800 bits per heavy atom. The molecule has 3 atom stereocenters. The lowest BCUT2D eigenvalue weighted by molar-refractivity contribution is 0.0199. The number of ether oxygens (including phenoxy) is 1. The lowest BCUT2D eigenvalue weighted by Crippen LogP contribution is -2.17. The first kappa shape index (κ1) is 14.6. The summed E-state index contributed by atoms with van der Waals surface area (Å²) < 4.78 is 5.10. The monoisotopic (exact) mass is 272 g/mol. The van der Waals surface area contributed by atoms with E-state index in [9.17, 15) is 10.2 Å². The minimum atomic E-state index is -0.726. The molecule has 0 aliphatic heterocycles. The zero-order chi connectivity index (χ0) is 14.5. The van der Waals surface area contributed by atoms with E-state index in [0.29, 0.717) is 0 Å². The first-order chi connectivity index (χ1) is 9.63. The third kappa shape index (κ3) is 3.18. The molecule has 0 fully saturated rings. The molecule has 2 aromatic carbocycles. The molecule has 106 valence electrons. The highest BCUT2D eigenvalue weighted by molar-refractivity contribution is 5.29. The molecule has 3 nitrogen and oxygen atoms in total. The summed E-state index contributed by atoms with van der Waals surface area (Å²) in [4.78, 5) is 0. The Kier molecular flexibility index (Phi) is 4.77. The van der Waals surface area contributed by atoms with Crippen LogP contribution in [0.5, 0.6) is 5.75 Å². The van der Waals surface area contributed by atoms with Gasteiger partial charge < -0.3 is 14.9 Å². The Morgan fingerprint density at radius 2 is 1.30 bits per heavy atom. The van der Waals surface area contributed by atoms with E-state index in [1.807, 2.05) is 49.4 Å². The van der Waals surface area contributed by atoms with Crippen molar-refractivity contribution in [1.29, 1.82) is 0 Å². The van der Waals surface area contributed by atoms with Crippen LogP contribution in [-0.4, -0.2) is 17.3 Å². The molecule has 0 aliphatic rings. The van der Waals surface area contributed by atoms with E-state index in [-0.39, 0.29) is 5.92 Å². The first-order valence-corrected chi connectivity index (χ1v) is 6.68. The average molecular weight is 272 g/mol. The van der Waals surface area contributed by atoms with Gasteiger partial charge in [-0.05, 0) is 23.3 Å². The molecule has 20 heavy (non-hydrogen) atoms. The van der Waals surface area contributed by atoms with Gasteiger partial charge >= 0.3 is 0 Å². The average Bonchev–Trinajstić information content (AvgIpc) is 2.53. The van der Waals surface area contributed by atoms with E-state index < -0.39 is 12.2 Å².